The molecule has 20 heavy (non-hydrogen) atoms. The Hall–Kier alpha value is -1.91. The van der Waals surface area contributed by atoms with Gasteiger partial charge in [0.1, 0.15) is 12.1 Å². The minimum Gasteiger partial charge on any atom is -0.342 e. The SMILES string of the molecule is CCC1C(=O)NC(C(C)C)C(=O)N1c1cccnc1C. The van der Waals surface area contributed by atoms with Crippen LogP contribution in [-0.2, 0) is 9.59 Å². The fourth-order valence-electron chi connectivity index (χ4n) is 2.57. The lowest BCUT2D eigenvalue weighted by Gasteiger charge is -2.40. The minimum absolute atomic E-state index is 0.0532. The van der Waals surface area contributed by atoms with Crippen LogP contribution in [0.2, 0.25) is 0 Å². The van der Waals surface area contributed by atoms with Gasteiger partial charge in [0.25, 0.3) is 5.91 Å². The zero-order chi connectivity index (χ0) is 14.9. The number of aryl methyl sites for hydroxylation is 1. The van der Waals surface area contributed by atoms with Crippen molar-refractivity contribution in [2.24, 2.45) is 5.92 Å². The highest BCUT2D eigenvalue weighted by Gasteiger charge is 2.42. The van der Waals surface area contributed by atoms with Crippen LogP contribution in [-0.4, -0.2) is 28.9 Å². The van der Waals surface area contributed by atoms with E-state index in [9.17, 15) is 9.59 Å². The number of nitrogens with zero attached hydrogens (tertiary/aromatic N) is 2. The predicted molar refractivity (Wildman–Crippen MR) is 77.3 cm³/mol. The minimum atomic E-state index is -0.468. The van der Waals surface area contributed by atoms with Crippen LogP contribution in [0.15, 0.2) is 18.3 Å². The van der Waals surface area contributed by atoms with Gasteiger partial charge < -0.3 is 5.32 Å². The molecule has 1 N–H and O–H groups in total. The van der Waals surface area contributed by atoms with E-state index in [1.165, 1.54) is 0 Å². The molecule has 0 spiro atoms. The Morgan fingerprint density at radius 3 is 2.65 bits per heavy atom. The monoisotopic (exact) mass is 275 g/mol. The number of carbonyl (C=O) groups is 2. The molecule has 0 aromatic carbocycles. The molecule has 1 fully saturated rings. The summed E-state index contributed by atoms with van der Waals surface area (Å²) in [5.74, 6) is -0.0830. The van der Waals surface area contributed by atoms with Crippen molar-refractivity contribution < 1.29 is 9.59 Å². The van der Waals surface area contributed by atoms with Crippen molar-refractivity contribution in [3.8, 4) is 0 Å². The molecule has 108 valence electrons. The number of hydrogen-bond donors (Lipinski definition) is 1. The Morgan fingerprint density at radius 1 is 1.40 bits per heavy atom. The van der Waals surface area contributed by atoms with E-state index in [4.69, 9.17) is 0 Å². The highest BCUT2D eigenvalue weighted by molar-refractivity contribution is 6.08. The van der Waals surface area contributed by atoms with E-state index in [1.54, 1.807) is 17.2 Å². The van der Waals surface area contributed by atoms with Crippen LogP contribution in [0.4, 0.5) is 5.69 Å². The van der Waals surface area contributed by atoms with E-state index in [0.29, 0.717) is 6.42 Å². The van der Waals surface area contributed by atoms with E-state index in [2.05, 4.69) is 10.3 Å². The maximum atomic E-state index is 12.7. The molecule has 5 heteroatoms. The lowest BCUT2D eigenvalue weighted by Crippen LogP contribution is -2.65. The number of amides is 2. The van der Waals surface area contributed by atoms with Gasteiger partial charge in [-0.3, -0.25) is 19.5 Å². The predicted octanol–water partition coefficient (Wildman–Crippen LogP) is 1.66. The highest BCUT2D eigenvalue weighted by Crippen LogP contribution is 2.26. The molecular weight excluding hydrogens is 254 g/mol. The average Bonchev–Trinajstić information content (AvgIpc) is 2.41. The number of anilines is 1. The third-order valence-corrected chi connectivity index (χ3v) is 3.71. The third-order valence-electron chi connectivity index (χ3n) is 3.71. The number of piperazine rings is 1. The molecule has 1 aliphatic rings. The van der Waals surface area contributed by atoms with Crippen LogP contribution in [0.1, 0.15) is 32.9 Å². The van der Waals surface area contributed by atoms with Crippen molar-refractivity contribution in [3.63, 3.8) is 0 Å². The van der Waals surface area contributed by atoms with Crippen molar-refractivity contribution in [2.75, 3.05) is 4.90 Å². The molecule has 2 amide bonds. The van der Waals surface area contributed by atoms with Crippen molar-refractivity contribution in [3.05, 3.63) is 24.0 Å². The van der Waals surface area contributed by atoms with E-state index < -0.39 is 12.1 Å². The van der Waals surface area contributed by atoms with Crippen LogP contribution in [0.3, 0.4) is 0 Å². The first kappa shape index (κ1) is 14.5. The standard InChI is InChI=1S/C15H21N3O2/c1-5-11-14(19)17-13(9(2)3)15(20)18(11)12-7-6-8-16-10(12)4/h6-9,11,13H,5H2,1-4H3,(H,17,19). The number of carbonyl (C=O) groups excluding carboxylic acids is 2. The van der Waals surface area contributed by atoms with Crippen LogP contribution >= 0.6 is 0 Å². The average molecular weight is 275 g/mol. The van der Waals surface area contributed by atoms with Gasteiger partial charge in [0.2, 0.25) is 5.91 Å². The largest absolute Gasteiger partial charge is 0.342 e. The van der Waals surface area contributed by atoms with Crippen LogP contribution < -0.4 is 10.2 Å². The maximum Gasteiger partial charge on any atom is 0.250 e. The molecule has 5 nitrogen and oxygen atoms in total. The van der Waals surface area contributed by atoms with E-state index in [-0.39, 0.29) is 17.7 Å². The van der Waals surface area contributed by atoms with Crippen molar-refractivity contribution >= 4 is 17.5 Å². The second kappa shape index (κ2) is 5.61. The molecule has 1 aliphatic heterocycles. The van der Waals surface area contributed by atoms with Gasteiger partial charge in [-0.05, 0) is 31.4 Å². The fourth-order valence-corrected chi connectivity index (χ4v) is 2.57. The summed E-state index contributed by atoms with van der Waals surface area (Å²) in [6.45, 7) is 7.63. The summed E-state index contributed by atoms with van der Waals surface area (Å²) in [6.07, 6.45) is 2.27. The lowest BCUT2D eigenvalue weighted by atomic mass is 9.96. The molecule has 0 saturated carbocycles. The van der Waals surface area contributed by atoms with Gasteiger partial charge in [0.15, 0.2) is 0 Å². The van der Waals surface area contributed by atoms with Gasteiger partial charge in [-0.25, -0.2) is 0 Å². The first-order valence-corrected chi connectivity index (χ1v) is 7.02. The Kier molecular flexibility index (Phi) is 4.06. The van der Waals surface area contributed by atoms with Crippen LogP contribution in [0.25, 0.3) is 0 Å². The van der Waals surface area contributed by atoms with Crippen molar-refractivity contribution in [2.45, 2.75) is 46.2 Å². The smallest absolute Gasteiger partial charge is 0.250 e. The molecule has 0 aliphatic carbocycles. The normalized spacial score (nSPS) is 23.1. The molecule has 2 heterocycles. The van der Waals surface area contributed by atoms with E-state index in [1.807, 2.05) is 33.8 Å². The highest BCUT2D eigenvalue weighted by atomic mass is 16.2. The Balaban J connectivity index is 2.47. The Bertz CT molecular complexity index is 528. The lowest BCUT2D eigenvalue weighted by molar-refractivity contribution is -0.134. The Labute approximate surface area is 119 Å². The van der Waals surface area contributed by atoms with Crippen LogP contribution in [0.5, 0.6) is 0 Å². The summed E-state index contributed by atoms with van der Waals surface area (Å²) in [6, 6.07) is 2.71. The van der Waals surface area contributed by atoms with Gasteiger partial charge in [0.05, 0.1) is 11.4 Å². The topological polar surface area (TPSA) is 62.3 Å². The summed E-state index contributed by atoms with van der Waals surface area (Å²) in [7, 11) is 0. The summed E-state index contributed by atoms with van der Waals surface area (Å²) in [5, 5.41) is 2.84. The number of rotatable bonds is 3. The number of nitrogens with one attached hydrogen (secondary N) is 1. The summed E-state index contributed by atoms with van der Waals surface area (Å²) >= 11 is 0. The molecule has 1 saturated heterocycles. The quantitative estimate of drug-likeness (QED) is 0.912. The molecule has 2 atom stereocenters. The molecule has 2 unspecified atom stereocenters. The van der Waals surface area contributed by atoms with Crippen LogP contribution in [0, 0.1) is 12.8 Å². The second-order valence-electron chi connectivity index (χ2n) is 5.47. The maximum absolute atomic E-state index is 12.7. The molecule has 1 aromatic rings. The van der Waals surface area contributed by atoms with E-state index in [0.717, 1.165) is 11.4 Å². The van der Waals surface area contributed by atoms with Gasteiger partial charge in [-0.15, -0.1) is 0 Å². The summed E-state index contributed by atoms with van der Waals surface area (Å²) in [4.78, 5) is 30.8. The van der Waals surface area contributed by atoms with Gasteiger partial charge >= 0.3 is 0 Å². The fraction of sp³-hybridized carbons (Fsp3) is 0.533. The van der Waals surface area contributed by atoms with Crippen molar-refractivity contribution in [1.29, 1.82) is 0 Å². The van der Waals surface area contributed by atoms with Crippen molar-refractivity contribution in [1.82, 2.24) is 10.3 Å². The molecular formula is C15H21N3O2. The van der Waals surface area contributed by atoms with Gasteiger partial charge in [0, 0.05) is 6.20 Å². The summed E-state index contributed by atoms with van der Waals surface area (Å²) < 4.78 is 0. The Morgan fingerprint density at radius 2 is 2.10 bits per heavy atom. The first-order chi connectivity index (χ1) is 9.47. The molecule has 0 bridgehead atoms. The second-order valence-corrected chi connectivity index (χ2v) is 5.47. The summed E-state index contributed by atoms with van der Waals surface area (Å²) in [5.41, 5.74) is 1.49. The number of aromatic nitrogens is 1. The zero-order valence-electron chi connectivity index (χ0n) is 12.4. The number of hydrogen-bond acceptors (Lipinski definition) is 3. The van der Waals surface area contributed by atoms with Gasteiger partial charge in [-0.1, -0.05) is 20.8 Å². The molecule has 2 rings (SSSR count). The third kappa shape index (κ3) is 2.40. The molecule has 0 radical (unpaired) electrons. The molecule has 1 aromatic heterocycles. The first-order valence-electron chi connectivity index (χ1n) is 7.02. The van der Waals surface area contributed by atoms with Gasteiger partial charge in [-0.2, -0.15) is 0 Å². The van der Waals surface area contributed by atoms with E-state index >= 15 is 0 Å². The zero-order valence-corrected chi connectivity index (χ0v) is 12.4. The number of pyridine rings is 1.